The monoisotopic (exact) mass is 230 g/mol. The third-order valence-corrected chi connectivity index (χ3v) is 1.71. The fourth-order valence-electron chi connectivity index (χ4n) is 1.08. The molecule has 88 valence electrons. The van der Waals surface area contributed by atoms with E-state index in [2.05, 4.69) is 4.74 Å². The van der Waals surface area contributed by atoms with E-state index in [0.29, 0.717) is 0 Å². The molecule has 0 amide bonds. The predicted octanol–water partition coefficient (Wildman–Crippen LogP) is 2.03. The van der Waals surface area contributed by atoms with Crippen molar-refractivity contribution in [3.05, 3.63) is 29.8 Å². The van der Waals surface area contributed by atoms with E-state index < -0.39 is 29.0 Å². The maximum Gasteiger partial charge on any atom is 0.314 e. The number of para-hydroxylation sites is 1. The molecule has 0 aliphatic heterocycles. The Hall–Kier alpha value is -1.49. The van der Waals surface area contributed by atoms with Gasteiger partial charge < -0.3 is 9.84 Å². The zero-order chi connectivity index (χ0) is 12.3. The highest BCUT2D eigenvalue weighted by atomic mass is 19.1. The molecule has 1 rings (SSSR count). The number of carbonyl (C=O) groups is 1. The molecule has 0 saturated heterocycles. The number of rotatable bonds is 3. The molecule has 16 heavy (non-hydrogen) atoms. The largest absolute Gasteiger partial charge is 0.420 e. The molecular formula is C11H12F2O3. The predicted molar refractivity (Wildman–Crippen MR) is 52.9 cm³/mol. The summed E-state index contributed by atoms with van der Waals surface area (Å²) in [6, 6.07) is 3.13. The van der Waals surface area contributed by atoms with E-state index in [1.165, 1.54) is 13.8 Å². The smallest absolute Gasteiger partial charge is 0.314 e. The van der Waals surface area contributed by atoms with Crippen LogP contribution in [-0.4, -0.2) is 16.7 Å². The van der Waals surface area contributed by atoms with Gasteiger partial charge in [0.05, 0.1) is 12.0 Å². The molecule has 5 heteroatoms. The van der Waals surface area contributed by atoms with Crippen molar-refractivity contribution in [2.75, 3.05) is 0 Å². The molecule has 0 aliphatic carbocycles. The van der Waals surface area contributed by atoms with Crippen molar-refractivity contribution >= 4 is 5.97 Å². The number of esters is 1. The Balaban J connectivity index is 2.78. The number of hydrogen-bond acceptors (Lipinski definition) is 3. The van der Waals surface area contributed by atoms with Gasteiger partial charge in [0.1, 0.15) is 0 Å². The normalized spacial score (nSPS) is 11.3. The molecule has 0 bridgehead atoms. The van der Waals surface area contributed by atoms with Crippen molar-refractivity contribution in [1.82, 2.24) is 0 Å². The molecule has 0 fully saturated rings. The van der Waals surface area contributed by atoms with Gasteiger partial charge in [-0.3, -0.25) is 4.79 Å². The molecule has 0 spiro atoms. The molecule has 0 saturated carbocycles. The molecule has 0 aliphatic rings. The summed E-state index contributed by atoms with van der Waals surface area (Å²) < 4.78 is 30.6. The second-order valence-corrected chi connectivity index (χ2v) is 4.01. The van der Waals surface area contributed by atoms with E-state index in [9.17, 15) is 18.7 Å². The van der Waals surface area contributed by atoms with Gasteiger partial charge in [0.25, 0.3) is 0 Å². The van der Waals surface area contributed by atoms with Crippen molar-refractivity contribution in [3.8, 4) is 5.75 Å². The lowest BCUT2D eigenvalue weighted by atomic mass is 10.1. The Kier molecular flexibility index (Phi) is 3.59. The second-order valence-electron chi connectivity index (χ2n) is 4.01. The maximum atomic E-state index is 13.1. The number of ether oxygens (including phenoxy) is 1. The lowest BCUT2D eigenvalue weighted by Crippen LogP contribution is -2.26. The first-order valence-electron chi connectivity index (χ1n) is 4.67. The van der Waals surface area contributed by atoms with E-state index in [1.807, 2.05) is 0 Å². The van der Waals surface area contributed by atoms with Crippen LogP contribution in [0.3, 0.4) is 0 Å². The van der Waals surface area contributed by atoms with Gasteiger partial charge in [0, 0.05) is 0 Å². The standard InChI is InChI=1S/C11H12F2O3/c1-11(2,15)6-9(14)16-10-7(12)4-3-5-8(10)13/h3-5,15H,6H2,1-2H3. The summed E-state index contributed by atoms with van der Waals surface area (Å²) in [4.78, 5) is 11.2. The van der Waals surface area contributed by atoms with Crippen LogP contribution in [0, 0.1) is 11.6 Å². The first-order chi connectivity index (χ1) is 7.29. The number of hydrogen-bond donors (Lipinski definition) is 1. The van der Waals surface area contributed by atoms with Crippen molar-refractivity contribution < 1.29 is 23.4 Å². The molecule has 1 aromatic carbocycles. The minimum Gasteiger partial charge on any atom is -0.420 e. The summed E-state index contributed by atoms with van der Waals surface area (Å²) in [7, 11) is 0. The highest BCUT2D eigenvalue weighted by Gasteiger charge is 2.21. The summed E-state index contributed by atoms with van der Waals surface area (Å²) in [5, 5.41) is 9.32. The van der Waals surface area contributed by atoms with Gasteiger partial charge in [0.2, 0.25) is 5.75 Å². The lowest BCUT2D eigenvalue weighted by molar-refractivity contribution is -0.139. The molecule has 0 unspecified atom stereocenters. The van der Waals surface area contributed by atoms with E-state index in [-0.39, 0.29) is 6.42 Å². The lowest BCUT2D eigenvalue weighted by Gasteiger charge is -2.15. The number of halogens is 2. The van der Waals surface area contributed by atoms with Gasteiger partial charge >= 0.3 is 5.97 Å². The zero-order valence-corrected chi connectivity index (χ0v) is 8.96. The summed E-state index contributed by atoms with van der Waals surface area (Å²) in [6.07, 6.45) is -0.346. The molecular weight excluding hydrogens is 218 g/mol. The Bertz CT molecular complexity index is 376. The quantitative estimate of drug-likeness (QED) is 0.638. The first kappa shape index (κ1) is 12.6. The van der Waals surface area contributed by atoms with E-state index in [4.69, 9.17) is 0 Å². The minimum absolute atomic E-state index is 0.346. The average Bonchev–Trinajstić information content (AvgIpc) is 2.08. The number of carbonyl (C=O) groups excluding carboxylic acids is 1. The highest BCUT2D eigenvalue weighted by molar-refractivity contribution is 5.73. The van der Waals surface area contributed by atoms with Crippen LogP contribution in [0.2, 0.25) is 0 Å². The van der Waals surface area contributed by atoms with Crippen molar-refractivity contribution in [2.45, 2.75) is 25.9 Å². The Labute approximate surface area is 91.7 Å². The van der Waals surface area contributed by atoms with Crippen LogP contribution in [-0.2, 0) is 4.79 Å². The Morgan fingerprint density at radius 2 is 1.88 bits per heavy atom. The van der Waals surface area contributed by atoms with Gasteiger partial charge in [-0.05, 0) is 26.0 Å². The fraction of sp³-hybridized carbons (Fsp3) is 0.364. The minimum atomic E-state index is -1.28. The van der Waals surface area contributed by atoms with Crippen LogP contribution in [0.15, 0.2) is 18.2 Å². The highest BCUT2D eigenvalue weighted by Crippen LogP contribution is 2.22. The molecule has 0 heterocycles. The molecule has 0 radical (unpaired) electrons. The third-order valence-electron chi connectivity index (χ3n) is 1.71. The topological polar surface area (TPSA) is 46.5 Å². The SMILES string of the molecule is CC(C)(O)CC(=O)Oc1c(F)cccc1F. The van der Waals surface area contributed by atoms with Crippen LogP contribution in [0.25, 0.3) is 0 Å². The molecule has 3 nitrogen and oxygen atoms in total. The van der Waals surface area contributed by atoms with Crippen LogP contribution >= 0.6 is 0 Å². The van der Waals surface area contributed by atoms with Crippen LogP contribution in [0.4, 0.5) is 8.78 Å². The molecule has 0 aromatic heterocycles. The summed E-state index contributed by atoms with van der Waals surface area (Å²) in [5.41, 5.74) is -1.28. The van der Waals surface area contributed by atoms with Gasteiger partial charge in [-0.25, -0.2) is 8.78 Å². The van der Waals surface area contributed by atoms with Crippen molar-refractivity contribution in [2.24, 2.45) is 0 Å². The molecule has 1 N–H and O–H groups in total. The van der Waals surface area contributed by atoms with Gasteiger partial charge in [-0.1, -0.05) is 6.07 Å². The Morgan fingerprint density at radius 3 is 2.31 bits per heavy atom. The Morgan fingerprint density at radius 1 is 1.38 bits per heavy atom. The first-order valence-corrected chi connectivity index (χ1v) is 4.67. The average molecular weight is 230 g/mol. The summed E-state index contributed by atoms with van der Waals surface area (Å²) >= 11 is 0. The van der Waals surface area contributed by atoms with E-state index in [1.54, 1.807) is 0 Å². The zero-order valence-electron chi connectivity index (χ0n) is 8.96. The second kappa shape index (κ2) is 4.57. The number of aliphatic hydroxyl groups is 1. The van der Waals surface area contributed by atoms with Gasteiger partial charge in [0.15, 0.2) is 11.6 Å². The van der Waals surface area contributed by atoms with Crippen molar-refractivity contribution in [3.63, 3.8) is 0 Å². The fourth-order valence-corrected chi connectivity index (χ4v) is 1.08. The molecule has 1 aromatic rings. The summed E-state index contributed by atoms with van der Waals surface area (Å²) in [5.74, 6) is -3.54. The van der Waals surface area contributed by atoms with Crippen LogP contribution < -0.4 is 4.74 Å². The third kappa shape index (κ3) is 3.58. The van der Waals surface area contributed by atoms with Crippen LogP contribution in [0.5, 0.6) is 5.75 Å². The van der Waals surface area contributed by atoms with Crippen molar-refractivity contribution in [1.29, 1.82) is 0 Å². The maximum absolute atomic E-state index is 13.1. The van der Waals surface area contributed by atoms with Crippen LogP contribution in [0.1, 0.15) is 20.3 Å². The number of benzene rings is 1. The van der Waals surface area contributed by atoms with Gasteiger partial charge in [-0.15, -0.1) is 0 Å². The van der Waals surface area contributed by atoms with Gasteiger partial charge in [-0.2, -0.15) is 0 Å². The van der Waals surface area contributed by atoms with E-state index >= 15 is 0 Å². The molecule has 0 atom stereocenters. The summed E-state index contributed by atoms with van der Waals surface area (Å²) in [6.45, 7) is 2.79. The van der Waals surface area contributed by atoms with E-state index in [0.717, 1.165) is 18.2 Å².